The van der Waals surface area contributed by atoms with Gasteiger partial charge >= 0.3 is 0 Å². The molecule has 0 radical (unpaired) electrons. The van der Waals surface area contributed by atoms with E-state index in [-0.39, 0.29) is 23.0 Å². The number of hydrogen-bond acceptors (Lipinski definition) is 4. The summed E-state index contributed by atoms with van der Waals surface area (Å²) < 4.78 is 1.05. The molecule has 3 aromatic rings. The summed E-state index contributed by atoms with van der Waals surface area (Å²) in [5.74, 6) is -0.780. The molecule has 0 spiro atoms. The molecular weight excluding hydrogens is 356 g/mol. The minimum absolute atomic E-state index is 0.0494. The molecule has 0 bridgehead atoms. The first-order valence-corrected chi connectivity index (χ1v) is 8.46. The van der Waals surface area contributed by atoms with Gasteiger partial charge in [-0.15, -0.1) is 0 Å². The molecule has 0 amide bonds. The fraction of sp³-hybridized carbons (Fsp3) is 0. The van der Waals surface area contributed by atoms with Crippen LogP contribution in [0.15, 0.2) is 85.2 Å². The summed E-state index contributed by atoms with van der Waals surface area (Å²) in [6.45, 7) is 0. The molecule has 0 N–H and O–H groups in total. The Morgan fingerprint density at radius 3 is 1.39 bits per heavy atom. The summed E-state index contributed by atoms with van der Waals surface area (Å²) in [7, 11) is 0. The lowest BCUT2D eigenvalue weighted by atomic mass is 10.1. The van der Waals surface area contributed by atoms with Crippen molar-refractivity contribution in [1.29, 1.82) is 0 Å². The van der Waals surface area contributed by atoms with Gasteiger partial charge in [-0.3, -0.25) is 9.59 Å². The van der Waals surface area contributed by atoms with E-state index in [1.807, 2.05) is 0 Å². The average Bonchev–Trinajstić information content (AvgIpc) is 2.71. The van der Waals surface area contributed by atoms with Crippen molar-refractivity contribution in [2.45, 2.75) is 0 Å². The van der Waals surface area contributed by atoms with Crippen LogP contribution in [-0.4, -0.2) is 11.6 Å². The Bertz CT molecular complexity index is 983. The molecule has 6 heteroatoms. The highest BCUT2D eigenvalue weighted by Crippen LogP contribution is 2.09. The van der Waals surface area contributed by atoms with Crippen molar-refractivity contribution in [2.75, 3.05) is 0 Å². The van der Waals surface area contributed by atoms with Gasteiger partial charge in [-0.2, -0.15) is 9.46 Å². The van der Waals surface area contributed by atoms with Gasteiger partial charge in [-0.05, 0) is 35.4 Å². The molecule has 2 heterocycles. The normalized spacial score (nSPS) is 11.1. The first-order valence-electron chi connectivity index (χ1n) is 8.46. The number of benzene rings is 1. The molecule has 0 atom stereocenters. The van der Waals surface area contributed by atoms with Crippen molar-refractivity contribution in [2.24, 2.45) is 0 Å². The maximum Gasteiger partial charge on any atom is 0.264 e. The van der Waals surface area contributed by atoms with Crippen molar-refractivity contribution in [1.82, 2.24) is 0 Å². The number of carbonyl (C=O) groups is 2. The Hall–Kier alpha value is -4.06. The van der Waals surface area contributed by atoms with E-state index < -0.39 is 0 Å². The number of pyridine rings is 2. The Morgan fingerprint density at radius 1 is 0.643 bits per heavy atom. The van der Waals surface area contributed by atoms with E-state index in [1.165, 1.54) is 36.7 Å². The molecule has 0 unspecified atom stereocenters. The average molecular weight is 372 g/mol. The molecule has 0 fully saturated rings. The zero-order chi connectivity index (χ0) is 19.9. The van der Waals surface area contributed by atoms with Gasteiger partial charge in [0.25, 0.3) is 23.0 Å². The lowest BCUT2D eigenvalue weighted by Gasteiger charge is -2.00. The topological polar surface area (TPSA) is 88.0 Å². The molecular formula is C22H16N2O4. The Balaban J connectivity index is 1.67. The predicted molar refractivity (Wildman–Crippen MR) is 104 cm³/mol. The van der Waals surface area contributed by atoms with E-state index in [2.05, 4.69) is 0 Å². The number of aromatic nitrogens is 2. The van der Waals surface area contributed by atoms with E-state index in [0.717, 1.165) is 11.1 Å². The highest BCUT2D eigenvalue weighted by atomic mass is 16.5. The molecule has 2 aromatic heterocycles. The first kappa shape index (κ1) is 18.7. The number of allylic oxidation sites excluding steroid dienone is 2. The number of rotatable bonds is 6. The van der Waals surface area contributed by atoms with Gasteiger partial charge in [-0.25, -0.2) is 0 Å². The zero-order valence-electron chi connectivity index (χ0n) is 14.8. The van der Waals surface area contributed by atoms with E-state index in [0.29, 0.717) is 9.46 Å². The van der Waals surface area contributed by atoms with Gasteiger partial charge in [0.2, 0.25) is 0 Å². The van der Waals surface area contributed by atoms with Gasteiger partial charge in [0.1, 0.15) is 0 Å². The van der Waals surface area contributed by atoms with E-state index in [9.17, 15) is 20.0 Å². The van der Waals surface area contributed by atoms with Crippen molar-refractivity contribution in [3.63, 3.8) is 0 Å². The van der Waals surface area contributed by atoms with E-state index in [4.69, 9.17) is 0 Å². The summed E-state index contributed by atoms with van der Waals surface area (Å²) in [5, 5.41) is 23.1. The van der Waals surface area contributed by atoms with Gasteiger partial charge < -0.3 is 10.4 Å². The summed E-state index contributed by atoms with van der Waals surface area (Å²) in [4.78, 5) is 24.1. The van der Waals surface area contributed by atoms with Gasteiger partial charge in [0.15, 0.2) is 12.4 Å². The van der Waals surface area contributed by atoms with Crippen molar-refractivity contribution >= 4 is 23.7 Å². The minimum atomic E-state index is -0.390. The van der Waals surface area contributed by atoms with Gasteiger partial charge in [-0.1, -0.05) is 36.4 Å². The second-order valence-corrected chi connectivity index (χ2v) is 5.89. The van der Waals surface area contributed by atoms with E-state index in [1.54, 1.807) is 60.7 Å². The standard InChI is InChI=1S/C22H16N2O4/c25-21(19-5-1-3-15-23(19)27)13-11-17-7-9-18(10-8-17)12-14-22(26)20-6-2-4-16-24(20)28/h1-16H/b13-11-,14-12-. The Morgan fingerprint density at radius 2 is 1.04 bits per heavy atom. The summed E-state index contributed by atoms with van der Waals surface area (Å²) >= 11 is 0. The third-order valence-corrected chi connectivity index (χ3v) is 3.94. The largest absolute Gasteiger partial charge is 0.618 e. The van der Waals surface area contributed by atoms with Crippen LogP contribution in [0, 0.1) is 10.4 Å². The van der Waals surface area contributed by atoms with Crippen LogP contribution in [0.3, 0.4) is 0 Å². The molecule has 6 nitrogen and oxygen atoms in total. The SMILES string of the molecule is O=C(/C=C\c1ccc(/C=C\C(=O)c2cccc[n+]2[O-])cc1)c1cccc[n+]1[O-]. The van der Waals surface area contributed by atoms with Crippen LogP contribution >= 0.6 is 0 Å². The first-order chi connectivity index (χ1) is 13.5. The van der Waals surface area contributed by atoms with Crippen LogP contribution in [0.4, 0.5) is 0 Å². The van der Waals surface area contributed by atoms with Gasteiger partial charge in [0.05, 0.1) is 0 Å². The van der Waals surface area contributed by atoms with Crippen molar-refractivity contribution in [3.05, 3.63) is 118 Å². The molecule has 1 aromatic carbocycles. The summed E-state index contributed by atoms with van der Waals surface area (Å²) in [5.41, 5.74) is 1.64. The summed E-state index contributed by atoms with van der Waals surface area (Å²) in [6, 6.07) is 16.4. The van der Waals surface area contributed by atoms with Crippen LogP contribution in [0.2, 0.25) is 0 Å². The van der Waals surface area contributed by atoms with E-state index >= 15 is 0 Å². The third kappa shape index (κ3) is 4.56. The summed E-state index contributed by atoms with van der Waals surface area (Å²) in [6.07, 6.45) is 8.43. The number of carbonyl (C=O) groups excluding carboxylic acids is 2. The molecule has 0 aliphatic rings. The van der Waals surface area contributed by atoms with Crippen LogP contribution in [0.5, 0.6) is 0 Å². The quantitative estimate of drug-likeness (QED) is 0.288. The minimum Gasteiger partial charge on any atom is -0.618 e. The lowest BCUT2D eigenvalue weighted by molar-refractivity contribution is -0.607. The lowest BCUT2D eigenvalue weighted by Crippen LogP contribution is -2.33. The second-order valence-electron chi connectivity index (χ2n) is 5.89. The number of nitrogens with zero attached hydrogens (tertiary/aromatic N) is 2. The van der Waals surface area contributed by atoms with Crippen LogP contribution < -0.4 is 9.46 Å². The van der Waals surface area contributed by atoms with Crippen LogP contribution in [0.25, 0.3) is 12.2 Å². The monoisotopic (exact) mass is 372 g/mol. The molecule has 28 heavy (non-hydrogen) atoms. The van der Waals surface area contributed by atoms with Crippen molar-refractivity contribution < 1.29 is 19.0 Å². The van der Waals surface area contributed by atoms with Gasteiger partial charge in [0, 0.05) is 24.3 Å². The molecule has 0 aliphatic carbocycles. The molecule has 0 aliphatic heterocycles. The second kappa shape index (κ2) is 8.55. The Kier molecular flexibility index (Phi) is 5.72. The predicted octanol–water partition coefficient (Wildman–Crippen LogP) is 2.75. The third-order valence-electron chi connectivity index (χ3n) is 3.94. The smallest absolute Gasteiger partial charge is 0.264 e. The van der Waals surface area contributed by atoms with Crippen LogP contribution in [-0.2, 0) is 0 Å². The maximum atomic E-state index is 12.1. The fourth-order valence-electron chi connectivity index (χ4n) is 2.47. The molecule has 0 saturated heterocycles. The molecule has 0 saturated carbocycles. The highest BCUT2D eigenvalue weighted by Gasteiger charge is 2.12. The Labute approximate surface area is 161 Å². The highest BCUT2D eigenvalue weighted by molar-refractivity contribution is 6.05. The fourth-order valence-corrected chi connectivity index (χ4v) is 2.47. The zero-order valence-corrected chi connectivity index (χ0v) is 14.8. The molecule has 138 valence electrons. The molecule has 3 rings (SSSR count). The van der Waals surface area contributed by atoms with Crippen molar-refractivity contribution in [3.8, 4) is 0 Å². The number of ketones is 2. The number of hydrogen-bond donors (Lipinski definition) is 0. The van der Waals surface area contributed by atoms with Crippen LogP contribution in [0.1, 0.15) is 32.1 Å². The maximum absolute atomic E-state index is 12.1.